The number of thioether (sulfide) groups is 2. The van der Waals surface area contributed by atoms with Crippen LogP contribution in [0.5, 0.6) is 0 Å². The van der Waals surface area contributed by atoms with Crippen LogP contribution in [0.3, 0.4) is 0 Å². The Morgan fingerprint density at radius 3 is 2.41 bits per heavy atom. The molecule has 0 radical (unpaired) electrons. The monoisotopic (exact) mass is 279 g/mol. The zero-order valence-corrected chi connectivity index (χ0v) is 10.8. The number of alkyl halides is 3. The average Bonchev–Trinajstić information content (AvgIpc) is 2.63. The van der Waals surface area contributed by atoms with E-state index in [0.717, 1.165) is 12.1 Å². The summed E-state index contributed by atoms with van der Waals surface area (Å²) in [5.41, 5.74) is -3.18. The number of hydrogen-bond donors (Lipinski definition) is 1. The molecular formula is C11H12F3NS2. The molecule has 1 N–H and O–H groups in total. The van der Waals surface area contributed by atoms with Crippen LogP contribution >= 0.6 is 23.5 Å². The molecule has 1 fully saturated rings. The van der Waals surface area contributed by atoms with Crippen molar-refractivity contribution in [2.75, 3.05) is 6.54 Å². The van der Waals surface area contributed by atoms with Gasteiger partial charge in [-0.15, -0.1) is 11.8 Å². The molecular weight excluding hydrogens is 267 g/mol. The summed E-state index contributed by atoms with van der Waals surface area (Å²) in [6, 6.07) is 6.57. The second kappa shape index (κ2) is 5.12. The highest BCUT2D eigenvalue weighted by Gasteiger charge is 2.29. The standard InChI is InChI=1S/C11H12F3NS2/c1-7-6-15-10(16-7)8-2-4-9(5-3-8)17-11(12,13)14/h2-5,7,10,15H,6H2,1H3. The Hall–Kier alpha value is -0.330. The highest BCUT2D eigenvalue weighted by Crippen LogP contribution is 2.39. The van der Waals surface area contributed by atoms with E-state index in [0.29, 0.717) is 5.25 Å². The van der Waals surface area contributed by atoms with Crippen LogP contribution in [0.2, 0.25) is 0 Å². The van der Waals surface area contributed by atoms with Crippen LogP contribution in [0.25, 0.3) is 0 Å². The van der Waals surface area contributed by atoms with Gasteiger partial charge in [0.15, 0.2) is 0 Å². The first-order valence-electron chi connectivity index (χ1n) is 5.18. The van der Waals surface area contributed by atoms with E-state index >= 15 is 0 Å². The summed E-state index contributed by atoms with van der Waals surface area (Å²) in [5.74, 6) is 0. The lowest BCUT2D eigenvalue weighted by Crippen LogP contribution is -2.13. The van der Waals surface area contributed by atoms with Crippen LogP contribution in [-0.4, -0.2) is 17.3 Å². The fourth-order valence-corrected chi connectivity index (χ4v) is 3.35. The molecule has 0 saturated carbocycles. The zero-order chi connectivity index (χ0) is 12.5. The van der Waals surface area contributed by atoms with Crippen LogP contribution in [0, 0.1) is 0 Å². The minimum absolute atomic E-state index is 0.0747. The summed E-state index contributed by atoms with van der Waals surface area (Å²) in [5, 5.41) is 4.07. The fraction of sp³-hybridized carbons (Fsp3) is 0.455. The van der Waals surface area contributed by atoms with Crippen LogP contribution in [0.1, 0.15) is 17.9 Å². The van der Waals surface area contributed by atoms with Crippen molar-refractivity contribution in [1.29, 1.82) is 0 Å². The van der Waals surface area contributed by atoms with Crippen molar-refractivity contribution in [1.82, 2.24) is 5.32 Å². The number of hydrogen-bond acceptors (Lipinski definition) is 3. The molecule has 17 heavy (non-hydrogen) atoms. The smallest absolute Gasteiger partial charge is 0.301 e. The molecule has 1 saturated heterocycles. The van der Waals surface area contributed by atoms with Gasteiger partial charge >= 0.3 is 5.51 Å². The van der Waals surface area contributed by atoms with E-state index in [4.69, 9.17) is 0 Å². The molecule has 0 bridgehead atoms. The minimum Gasteiger partial charge on any atom is -0.301 e. The molecule has 1 aromatic rings. The number of nitrogens with one attached hydrogen (secondary N) is 1. The van der Waals surface area contributed by atoms with Gasteiger partial charge in [-0.3, -0.25) is 0 Å². The predicted molar refractivity (Wildman–Crippen MR) is 66.2 cm³/mol. The quantitative estimate of drug-likeness (QED) is 0.821. The molecule has 1 heterocycles. The largest absolute Gasteiger partial charge is 0.446 e. The minimum atomic E-state index is -4.21. The third-order valence-electron chi connectivity index (χ3n) is 2.38. The van der Waals surface area contributed by atoms with Gasteiger partial charge in [-0.2, -0.15) is 13.2 Å². The van der Waals surface area contributed by atoms with Gasteiger partial charge in [0, 0.05) is 16.7 Å². The molecule has 2 atom stereocenters. The normalized spacial score (nSPS) is 25.2. The maximum atomic E-state index is 12.1. The van der Waals surface area contributed by atoms with Gasteiger partial charge in [-0.1, -0.05) is 19.1 Å². The molecule has 0 aromatic heterocycles. The van der Waals surface area contributed by atoms with E-state index in [1.54, 1.807) is 23.9 Å². The Bertz CT molecular complexity index is 377. The second-order valence-corrected chi connectivity index (χ2v) is 6.54. The van der Waals surface area contributed by atoms with Gasteiger partial charge in [0.05, 0.1) is 5.37 Å². The van der Waals surface area contributed by atoms with Crippen LogP contribution in [-0.2, 0) is 0 Å². The highest BCUT2D eigenvalue weighted by atomic mass is 32.2. The van der Waals surface area contributed by atoms with E-state index in [-0.39, 0.29) is 22.0 Å². The first-order chi connectivity index (χ1) is 7.94. The van der Waals surface area contributed by atoms with Crippen molar-refractivity contribution >= 4 is 23.5 Å². The van der Waals surface area contributed by atoms with Crippen molar-refractivity contribution in [2.45, 2.75) is 28.0 Å². The Morgan fingerprint density at radius 1 is 1.29 bits per heavy atom. The van der Waals surface area contributed by atoms with E-state index in [2.05, 4.69) is 12.2 Å². The molecule has 0 amide bonds. The maximum absolute atomic E-state index is 12.1. The molecule has 94 valence electrons. The molecule has 1 aliphatic heterocycles. The van der Waals surface area contributed by atoms with E-state index in [1.807, 2.05) is 0 Å². The SMILES string of the molecule is CC1CNC(c2ccc(SC(F)(F)F)cc2)S1. The number of benzene rings is 1. The molecule has 1 nitrogen and oxygen atoms in total. The third kappa shape index (κ3) is 3.82. The Balaban J connectivity index is 2.03. The Morgan fingerprint density at radius 2 is 1.94 bits per heavy atom. The summed E-state index contributed by atoms with van der Waals surface area (Å²) in [6.45, 7) is 3.07. The fourth-order valence-electron chi connectivity index (χ4n) is 1.64. The van der Waals surface area contributed by atoms with Crippen molar-refractivity contribution in [3.8, 4) is 0 Å². The lowest BCUT2D eigenvalue weighted by Gasteiger charge is -2.11. The van der Waals surface area contributed by atoms with Gasteiger partial charge in [0.25, 0.3) is 0 Å². The molecule has 1 aliphatic rings. The summed E-state index contributed by atoms with van der Waals surface area (Å²) < 4.78 is 36.4. The van der Waals surface area contributed by atoms with Crippen molar-refractivity contribution in [3.63, 3.8) is 0 Å². The number of rotatable bonds is 2. The first-order valence-corrected chi connectivity index (χ1v) is 6.94. The summed E-state index contributed by atoms with van der Waals surface area (Å²) in [7, 11) is 0. The highest BCUT2D eigenvalue weighted by molar-refractivity contribution is 8.00. The molecule has 1 aromatic carbocycles. The van der Waals surface area contributed by atoms with E-state index in [9.17, 15) is 13.2 Å². The van der Waals surface area contributed by atoms with Gasteiger partial charge < -0.3 is 5.32 Å². The summed E-state index contributed by atoms with van der Waals surface area (Å²) >= 11 is 1.72. The van der Waals surface area contributed by atoms with Crippen LogP contribution in [0.15, 0.2) is 29.2 Å². The van der Waals surface area contributed by atoms with Crippen molar-refractivity contribution in [3.05, 3.63) is 29.8 Å². The Kier molecular flexibility index (Phi) is 3.95. The van der Waals surface area contributed by atoms with Gasteiger partial charge in [-0.25, -0.2) is 0 Å². The summed E-state index contributed by atoms with van der Waals surface area (Å²) in [4.78, 5) is 0.234. The number of halogens is 3. The lowest BCUT2D eigenvalue weighted by atomic mass is 10.2. The van der Waals surface area contributed by atoms with Crippen LogP contribution < -0.4 is 5.32 Å². The van der Waals surface area contributed by atoms with E-state index in [1.165, 1.54) is 12.1 Å². The zero-order valence-electron chi connectivity index (χ0n) is 9.12. The third-order valence-corrected chi connectivity index (χ3v) is 4.46. The first kappa shape index (κ1) is 13.1. The molecule has 2 rings (SSSR count). The average molecular weight is 279 g/mol. The molecule has 6 heteroatoms. The summed E-state index contributed by atoms with van der Waals surface area (Å²) in [6.07, 6.45) is 0. The van der Waals surface area contributed by atoms with E-state index < -0.39 is 5.51 Å². The van der Waals surface area contributed by atoms with Gasteiger partial charge in [0.1, 0.15) is 0 Å². The topological polar surface area (TPSA) is 12.0 Å². The molecule has 0 aliphatic carbocycles. The van der Waals surface area contributed by atoms with Crippen molar-refractivity contribution < 1.29 is 13.2 Å². The lowest BCUT2D eigenvalue weighted by molar-refractivity contribution is -0.0328. The van der Waals surface area contributed by atoms with Crippen molar-refractivity contribution in [2.24, 2.45) is 0 Å². The van der Waals surface area contributed by atoms with Gasteiger partial charge in [-0.05, 0) is 29.5 Å². The van der Waals surface area contributed by atoms with Gasteiger partial charge in [0.2, 0.25) is 0 Å². The Labute approximate surface area is 107 Å². The molecule has 0 spiro atoms. The predicted octanol–water partition coefficient (Wildman–Crippen LogP) is 4.02. The van der Waals surface area contributed by atoms with Crippen LogP contribution in [0.4, 0.5) is 13.2 Å². The maximum Gasteiger partial charge on any atom is 0.446 e. The molecule has 2 unspecified atom stereocenters. The second-order valence-electron chi connectivity index (χ2n) is 3.85.